The lowest BCUT2D eigenvalue weighted by Gasteiger charge is -2.20. The Morgan fingerprint density at radius 1 is 1.38 bits per heavy atom. The lowest BCUT2D eigenvalue weighted by molar-refractivity contribution is -0.119. The highest BCUT2D eigenvalue weighted by Crippen LogP contribution is 2.27. The molecule has 0 radical (unpaired) electrons. The van der Waals surface area contributed by atoms with Crippen LogP contribution in [0.2, 0.25) is 0 Å². The summed E-state index contributed by atoms with van der Waals surface area (Å²) in [5.41, 5.74) is 0.942. The summed E-state index contributed by atoms with van der Waals surface area (Å²) in [5, 5.41) is 13.7. The average Bonchev–Trinajstić information content (AvgIpc) is 2.50. The van der Waals surface area contributed by atoms with Gasteiger partial charge in [-0.3, -0.25) is 4.79 Å². The van der Waals surface area contributed by atoms with E-state index in [-0.39, 0.29) is 17.2 Å². The molecular formula is C18H21N3O2S. The van der Waals surface area contributed by atoms with Gasteiger partial charge < -0.3 is 10.1 Å². The molecule has 24 heavy (non-hydrogen) atoms. The molecule has 0 atom stereocenters. The number of nitrogens with zero attached hydrogens (tertiary/aromatic N) is 2. The third kappa shape index (κ3) is 4.87. The van der Waals surface area contributed by atoms with Gasteiger partial charge in [0.1, 0.15) is 16.8 Å². The Labute approximate surface area is 146 Å². The fourth-order valence-corrected chi connectivity index (χ4v) is 2.93. The second kappa shape index (κ2) is 7.54. The van der Waals surface area contributed by atoms with Crippen LogP contribution in [0.1, 0.15) is 33.3 Å². The first-order chi connectivity index (χ1) is 11.3. The number of hydrogen-bond donors (Lipinski definition) is 1. The van der Waals surface area contributed by atoms with Crippen molar-refractivity contribution in [2.45, 2.75) is 38.3 Å². The monoisotopic (exact) mass is 343 g/mol. The minimum atomic E-state index is -0.279. The minimum absolute atomic E-state index is 0.0821. The highest BCUT2D eigenvalue weighted by Gasteiger charge is 2.15. The molecule has 2 aromatic rings. The van der Waals surface area contributed by atoms with Gasteiger partial charge in [-0.25, -0.2) is 4.98 Å². The van der Waals surface area contributed by atoms with Crippen LogP contribution < -0.4 is 10.1 Å². The van der Waals surface area contributed by atoms with Gasteiger partial charge in [-0.2, -0.15) is 5.26 Å². The van der Waals surface area contributed by atoms with Gasteiger partial charge in [0.25, 0.3) is 0 Å². The van der Waals surface area contributed by atoms with Crippen LogP contribution in [0, 0.1) is 11.3 Å². The fourth-order valence-electron chi connectivity index (χ4n) is 2.16. The summed E-state index contributed by atoms with van der Waals surface area (Å²) in [6.07, 6.45) is 0. The number of fused-ring (bicyclic) bond motifs is 1. The first-order valence-electron chi connectivity index (χ1n) is 7.74. The van der Waals surface area contributed by atoms with E-state index in [2.05, 4.69) is 16.4 Å². The Balaban J connectivity index is 2.24. The van der Waals surface area contributed by atoms with E-state index < -0.39 is 0 Å². The van der Waals surface area contributed by atoms with E-state index in [1.54, 1.807) is 6.07 Å². The molecule has 0 saturated heterocycles. The number of nitrogens with one attached hydrogen (secondary N) is 1. The molecule has 5 nitrogen and oxygen atoms in total. The standard InChI is InChI=1S/C18H21N3O2S/c1-5-23-14-7-6-12-8-13(10-19)17(20-15(12)9-14)24-11-16(22)21-18(2,3)4/h6-9H,5,11H2,1-4H3,(H,21,22). The Hall–Kier alpha value is -2.26. The van der Waals surface area contributed by atoms with Crippen LogP contribution in [0.3, 0.4) is 0 Å². The third-order valence-corrected chi connectivity index (χ3v) is 4.03. The largest absolute Gasteiger partial charge is 0.494 e. The van der Waals surface area contributed by atoms with Gasteiger partial charge in [-0.15, -0.1) is 0 Å². The van der Waals surface area contributed by atoms with Crippen molar-refractivity contribution in [3.8, 4) is 11.8 Å². The predicted molar refractivity (Wildman–Crippen MR) is 96.2 cm³/mol. The Kier molecular flexibility index (Phi) is 5.68. The maximum atomic E-state index is 12.0. The van der Waals surface area contributed by atoms with Crippen molar-refractivity contribution in [3.63, 3.8) is 0 Å². The number of ether oxygens (including phenoxy) is 1. The number of carbonyl (C=O) groups is 1. The summed E-state index contributed by atoms with van der Waals surface area (Å²) in [7, 11) is 0. The molecule has 0 aliphatic rings. The number of amides is 1. The number of aromatic nitrogens is 1. The molecule has 1 amide bonds. The van der Waals surface area contributed by atoms with Crippen LogP contribution in [-0.4, -0.2) is 28.8 Å². The molecule has 0 spiro atoms. The summed E-state index contributed by atoms with van der Waals surface area (Å²) in [5.74, 6) is 0.875. The van der Waals surface area contributed by atoms with Gasteiger partial charge in [0.2, 0.25) is 5.91 Å². The summed E-state index contributed by atoms with van der Waals surface area (Å²) < 4.78 is 5.49. The van der Waals surface area contributed by atoms with Gasteiger partial charge in [0.05, 0.1) is 23.4 Å². The molecule has 0 fully saturated rings. The normalized spacial score (nSPS) is 11.1. The number of thioether (sulfide) groups is 1. The van der Waals surface area contributed by atoms with Crippen LogP contribution >= 0.6 is 11.8 Å². The van der Waals surface area contributed by atoms with Crippen molar-refractivity contribution < 1.29 is 9.53 Å². The molecular weight excluding hydrogens is 322 g/mol. The van der Waals surface area contributed by atoms with Gasteiger partial charge in [0, 0.05) is 17.0 Å². The highest BCUT2D eigenvalue weighted by atomic mass is 32.2. The Morgan fingerprint density at radius 3 is 2.75 bits per heavy atom. The second-order valence-corrected chi connectivity index (χ2v) is 7.29. The van der Waals surface area contributed by atoms with Crippen molar-refractivity contribution in [1.82, 2.24) is 10.3 Å². The van der Waals surface area contributed by atoms with E-state index in [0.717, 1.165) is 16.7 Å². The molecule has 2 rings (SSSR count). The van der Waals surface area contributed by atoms with Gasteiger partial charge in [-0.1, -0.05) is 11.8 Å². The van der Waals surface area contributed by atoms with E-state index in [0.29, 0.717) is 17.2 Å². The van der Waals surface area contributed by atoms with E-state index in [1.165, 1.54) is 11.8 Å². The zero-order valence-electron chi connectivity index (χ0n) is 14.3. The third-order valence-electron chi connectivity index (χ3n) is 3.04. The van der Waals surface area contributed by atoms with Gasteiger partial charge in [0.15, 0.2) is 0 Å². The van der Waals surface area contributed by atoms with Crippen molar-refractivity contribution >= 4 is 28.6 Å². The van der Waals surface area contributed by atoms with Crippen LogP contribution in [0.5, 0.6) is 5.75 Å². The number of carbonyl (C=O) groups excluding carboxylic acids is 1. The van der Waals surface area contributed by atoms with Crippen LogP contribution in [0.15, 0.2) is 29.3 Å². The molecule has 6 heteroatoms. The Bertz CT molecular complexity index is 791. The van der Waals surface area contributed by atoms with Gasteiger partial charge in [-0.05, 0) is 45.9 Å². The molecule has 126 valence electrons. The quantitative estimate of drug-likeness (QED) is 0.841. The molecule has 1 aromatic heterocycles. The zero-order valence-corrected chi connectivity index (χ0v) is 15.2. The van der Waals surface area contributed by atoms with Gasteiger partial charge >= 0.3 is 0 Å². The SMILES string of the molecule is CCOc1ccc2cc(C#N)c(SCC(=O)NC(C)(C)C)nc2c1. The van der Waals surface area contributed by atoms with E-state index in [4.69, 9.17) is 4.74 Å². The highest BCUT2D eigenvalue weighted by molar-refractivity contribution is 8.00. The van der Waals surface area contributed by atoms with Crippen LogP contribution in [0.4, 0.5) is 0 Å². The summed E-state index contributed by atoms with van der Waals surface area (Å²) in [4.78, 5) is 16.5. The summed E-state index contributed by atoms with van der Waals surface area (Å²) in [6.45, 7) is 8.29. The molecule has 0 aliphatic heterocycles. The number of nitriles is 1. The molecule has 1 N–H and O–H groups in total. The topological polar surface area (TPSA) is 75.0 Å². The van der Waals surface area contributed by atoms with E-state index in [9.17, 15) is 10.1 Å². The average molecular weight is 343 g/mol. The first kappa shape index (κ1) is 18.1. The molecule has 0 bridgehead atoms. The van der Waals surface area contributed by atoms with Crippen LogP contribution in [0.25, 0.3) is 10.9 Å². The predicted octanol–water partition coefficient (Wildman–Crippen LogP) is 3.51. The molecule has 0 unspecified atom stereocenters. The number of benzene rings is 1. The number of rotatable bonds is 5. The zero-order chi connectivity index (χ0) is 17.7. The number of pyridine rings is 1. The second-order valence-electron chi connectivity index (χ2n) is 6.33. The first-order valence-corrected chi connectivity index (χ1v) is 8.72. The lowest BCUT2D eigenvalue weighted by atomic mass is 10.1. The van der Waals surface area contributed by atoms with E-state index in [1.807, 2.05) is 45.9 Å². The maximum Gasteiger partial charge on any atom is 0.230 e. The smallest absolute Gasteiger partial charge is 0.230 e. The van der Waals surface area contributed by atoms with Crippen molar-refractivity contribution in [3.05, 3.63) is 29.8 Å². The summed E-state index contributed by atoms with van der Waals surface area (Å²) >= 11 is 1.27. The van der Waals surface area contributed by atoms with E-state index >= 15 is 0 Å². The lowest BCUT2D eigenvalue weighted by Crippen LogP contribution is -2.41. The Morgan fingerprint density at radius 2 is 2.12 bits per heavy atom. The molecule has 0 saturated carbocycles. The van der Waals surface area contributed by atoms with Crippen LogP contribution in [-0.2, 0) is 4.79 Å². The molecule has 0 aliphatic carbocycles. The summed E-state index contributed by atoms with van der Waals surface area (Å²) in [6, 6.07) is 9.54. The molecule has 1 aromatic carbocycles. The minimum Gasteiger partial charge on any atom is -0.494 e. The number of hydrogen-bond acceptors (Lipinski definition) is 5. The molecule has 1 heterocycles. The fraction of sp³-hybridized carbons (Fsp3) is 0.389. The van der Waals surface area contributed by atoms with Crippen molar-refractivity contribution in [2.75, 3.05) is 12.4 Å². The maximum absolute atomic E-state index is 12.0. The van der Waals surface area contributed by atoms with Crippen molar-refractivity contribution in [2.24, 2.45) is 0 Å². The van der Waals surface area contributed by atoms with Crippen molar-refractivity contribution in [1.29, 1.82) is 5.26 Å².